The predicted octanol–water partition coefficient (Wildman–Crippen LogP) is 3.50. The highest BCUT2D eigenvalue weighted by Crippen LogP contribution is 2.15. The molecule has 0 saturated carbocycles. The molecule has 1 aromatic rings. The third-order valence-electron chi connectivity index (χ3n) is 5.47. The fourth-order valence-electron chi connectivity index (χ4n) is 3.12. The van der Waals surface area contributed by atoms with Crippen LogP contribution >= 0.6 is 24.0 Å². The molecule has 1 aromatic carbocycles. The van der Waals surface area contributed by atoms with Gasteiger partial charge < -0.3 is 20.1 Å². The zero-order valence-corrected chi connectivity index (χ0v) is 20.9. The smallest absolute Gasteiger partial charge is 0.191 e. The van der Waals surface area contributed by atoms with Crippen LogP contribution in [0.1, 0.15) is 39.2 Å². The standard InChI is InChI=1S/C22H38N4O2.HI/c1-17(2)18(3)25-22(23-4)24-16-19-7-6-8-21(15-19)28-14-11-26(5)20-9-12-27-13-10-20;/h6-8,15,17-18,20H,9-14,16H2,1-5H3,(H2,23,24,25);1H. The third-order valence-corrected chi connectivity index (χ3v) is 5.47. The van der Waals surface area contributed by atoms with E-state index in [9.17, 15) is 0 Å². The van der Waals surface area contributed by atoms with Gasteiger partial charge in [0.15, 0.2) is 5.96 Å². The Labute approximate surface area is 193 Å². The minimum atomic E-state index is 0. The number of hydrogen-bond acceptors (Lipinski definition) is 4. The lowest BCUT2D eigenvalue weighted by Gasteiger charge is -2.31. The predicted molar refractivity (Wildman–Crippen MR) is 131 cm³/mol. The monoisotopic (exact) mass is 518 g/mol. The van der Waals surface area contributed by atoms with Crippen LogP contribution in [0.4, 0.5) is 0 Å². The van der Waals surface area contributed by atoms with Gasteiger partial charge in [-0.05, 0) is 50.4 Å². The van der Waals surface area contributed by atoms with E-state index in [0.29, 0.717) is 31.2 Å². The van der Waals surface area contributed by atoms with Crippen molar-refractivity contribution in [2.45, 2.75) is 52.2 Å². The number of aliphatic imine (C=N–C) groups is 1. The quantitative estimate of drug-likeness (QED) is 0.298. The van der Waals surface area contributed by atoms with Crippen LogP contribution < -0.4 is 15.4 Å². The highest BCUT2D eigenvalue weighted by atomic mass is 127. The molecule has 2 N–H and O–H groups in total. The zero-order chi connectivity index (χ0) is 20.4. The summed E-state index contributed by atoms with van der Waals surface area (Å²) in [6.07, 6.45) is 2.23. The first-order valence-electron chi connectivity index (χ1n) is 10.5. The van der Waals surface area contributed by atoms with Crippen molar-refractivity contribution in [2.75, 3.05) is 40.5 Å². The maximum atomic E-state index is 5.99. The lowest BCUT2D eigenvalue weighted by Crippen LogP contribution is -2.43. The highest BCUT2D eigenvalue weighted by Gasteiger charge is 2.18. The van der Waals surface area contributed by atoms with Crippen LogP contribution in [-0.2, 0) is 11.3 Å². The summed E-state index contributed by atoms with van der Waals surface area (Å²) in [7, 11) is 3.98. The van der Waals surface area contributed by atoms with Gasteiger partial charge in [-0.3, -0.25) is 9.89 Å². The van der Waals surface area contributed by atoms with Crippen molar-refractivity contribution in [3.05, 3.63) is 29.8 Å². The normalized spacial score (nSPS) is 16.4. The number of guanidine groups is 1. The number of rotatable bonds is 9. The summed E-state index contributed by atoms with van der Waals surface area (Å²) < 4.78 is 11.4. The molecule has 7 heteroatoms. The minimum absolute atomic E-state index is 0. The lowest BCUT2D eigenvalue weighted by atomic mass is 10.1. The summed E-state index contributed by atoms with van der Waals surface area (Å²) in [6, 6.07) is 9.25. The number of ether oxygens (including phenoxy) is 2. The summed E-state index contributed by atoms with van der Waals surface area (Å²) in [4.78, 5) is 6.70. The number of nitrogens with zero attached hydrogens (tertiary/aromatic N) is 2. The molecule has 29 heavy (non-hydrogen) atoms. The van der Waals surface area contributed by atoms with Gasteiger partial charge in [0.1, 0.15) is 12.4 Å². The van der Waals surface area contributed by atoms with Crippen molar-refractivity contribution in [3.63, 3.8) is 0 Å². The van der Waals surface area contributed by atoms with E-state index in [2.05, 4.69) is 60.5 Å². The molecule has 1 fully saturated rings. The van der Waals surface area contributed by atoms with Crippen LogP contribution in [0.5, 0.6) is 5.75 Å². The maximum Gasteiger partial charge on any atom is 0.191 e. The second-order valence-electron chi connectivity index (χ2n) is 7.92. The Kier molecular flexibility index (Phi) is 12.6. The molecule has 0 amide bonds. The Morgan fingerprint density at radius 3 is 2.66 bits per heavy atom. The Bertz CT molecular complexity index is 606. The van der Waals surface area contributed by atoms with Gasteiger partial charge in [-0.25, -0.2) is 0 Å². The van der Waals surface area contributed by atoms with Crippen LogP contribution in [0.25, 0.3) is 0 Å². The van der Waals surface area contributed by atoms with Gasteiger partial charge in [-0.1, -0.05) is 26.0 Å². The summed E-state index contributed by atoms with van der Waals surface area (Å²) in [5.74, 6) is 2.29. The molecule has 0 aromatic heterocycles. The van der Waals surface area contributed by atoms with Crippen LogP contribution in [0.2, 0.25) is 0 Å². The van der Waals surface area contributed by atoms with E-state index in [4.69, 9.17) is 9.47 Å². The van der Waals surface area contributed by atoms with Crippen LogP contribution in [0.3, 0.4) is 0 Å². The Morgan fingerprint density at radius 2 is 2.00 bits per heavy atom. The van der Waals surface area contributed by atoms with Gasteiger partial charge in [0, 0.05) is 45.4 Å². The second-order valence-corrected chi connectivity index (χ2v) is 7.92. The summed E-state index contributed by atoms with van der Waals surface area (Å²) in [5, 5.41) is 6.80. The molecule has 6 nitrogen and oxygen atoms in total. The molecule has 0 bridgehead atoms. The van der Waals surface area contributed by atoms with Crippen molar-refractivity contribution < 1.29 is 9.47 Å². The molecule has 0 radical (unpaired) electrons. The molecular weight excluding hydrogens is 479 g/mol. The van der Waals surface area contributed by atoms with E-state index in [1.807, 2.05) is 12.1 Å². The molecule has 0 spiro atoms. The first-order valence-corrected chi connectivity index (χ1v) is 10.5. The van der Waals surface area contributed by atoms with E-state index >= 15 is 0 Å². The third kappa shape index (κ3) is 9.53. The molecule has 1 aliphatic rings. The first-order chi connectivity index (χ1) is 13.5. The second kappa shape index (κ2) is 14.0. The van der Waals surface area contributed by atoms with Crippen molar-refractivity contribution in [3.8, 4) is 5.75 Å². The average Bonchev–Trinajstić information content (AvgIpc) is 2.71. The van der Waals surface area contributed by atoms with Crippen LogP contribution in [0, 0.1) is 5.92 Å². The molecule has 166 valence electrons. The minimum Gasteiger partial charge on any atom is -0.492 e. The molecule has 1 unspecified atom stereocenters. The summed E-state index contributed by atoms with van der Waals surface area (Å²) >= 11 is 0. The maximum absolute atomic E-state index is 5.99. The number of benzene rings is 1. The number of halogens is 1. The molecular formula is C22H39IN4O2. The molecule has 2 rings (SSSR count). The van der Waals surface area contributed by atoms with Gasteiger partial charge in [-0.15, -0.1) is 24.0 Å². The van der Waals surface area contributed by atoms with Gasteiger partial charge >= 0.3 is 0 Å². The highest BCUT2D eigenvalue weighted by molar-refractivity contribution is 14.0. The fraction of sp³-hybridized carbons (Fsp3) is 0.682. The van der Waals surface area contributed by atoms with E-state index < -0.39 is 0 Å². The SMILES string of the molecule is CN=C(NCc1cccc(OCCN(C)C2CCOCC2)c1)NC(C)C(C)C.I. The Morgan fingerprint density at radius 1 is 1.28 bits per heavy atom. The fourth-order valence-corrected chi connectivity index (χ4v) is 3.12. The summed E-state index contributed by atoms with van der Waals surface area (Å²) in [5.41, 5.74) is 1.18. The number of nitrogens with one attached hydrogen (secondary N) is 2. The topological polar surface area (TPSA) is 58.1 Å². The van der Waals surface area contributed by atoms with Gasteiger partial charge in [-0.2, -0.15) is 0 Å². The zero-order valence-electron chi connectivity index (χ0n) is 18.6. The van der Waals surface area contributed by atoms with E-state index in [0.717, 1.165) is 44.3 Å². The molecule has 1 aliphatic heterocycles. The van der Waals surface area contributed by atoms with Crippen LogP contribution in [-0.4, -0.2) is 63.4 Å². The number of likely N-dealkylation sites (N-methyl/N-ethyl adjacent to an activating group) is 1. The van der Waals surface area contributed by atoms with Gasteiger partial charge in [0.2, 0.25) is 0 Å². The average molecular weight is 518 g/mol. The molecule has 1 heterocycles. The molecule has 0 aliphatic carbocycles. The van der Waals surface area contributed by atoms with Crippen LogP contribution in [0.15, 0.2) is 29.3 Å². The van der Waals surface area contributed by atoms with Crippen molar-refractivity contribution in [1.29, 1.82) is 0 Å². The Balaban J connectivity index is 0.00000420. The first kappa shape index (κ1) is 26.0. The largest absolute Gasteiger partial charge is 0.492 e. The van der Waals surface area contributed by atoms with Crippen molar-refractivity contribution >= 4 is 29.9 Å². The van der Waals surface area contributed by atoms with E-state index in [1.54, 1.807) is 7.05 Å². The lowest BCUT2D eigenvalue weighted by molar-refractivity contribution is 0.0392. The molecule has 1 saturated heterocycles. The number of hydrogen-bond donors (Lipinski definition) is 2. The van der Waals surface area contributed by atoms with Crippen molar-refractivity contribution in [1.82, 2.24) is 15.5 Å². The molecule has 1 atom stereocenters. The summed E-state index contributed by atoms with van der Waals surface area (Å²) in [6.45, 7) is 10.7. The van der Waals surface area contributed by atoms with Crippen molar-refractivity contribution in [2.24, 2.45) is 10.9 Å². The Hall–Kier alpha value is -1.06. The van der Waals surface area contributed by atoms with Gasteiger partial charge in [0.25, 0.3) is 0 Å². The van der Waals surface area contributed by atoms with E-state index in [-0.39, 0.29) is 24.0 Å². The van der Waals surface area contributed by atoms with E-state index in [1.165, 1.54) is 5.56 Å². The van der Waals surface area contributed by atoms with Gasteiger partial charge in [0.05, 0.1) is 0 Å².